The Morgan fingerprint density at radius 2 is 1.77 bits per heavy atom. The third kappa shape index (κ3) is 5.44. The van der Waals surface area contributed by atoms with Crippen molar-refractivity contribution >= 4 is 17.8 Å². The second kappa shape index (κ2) is 9.36. The minimum atomic E-state index is -2.07. The van der Waals surface area contributed by atoms with Gasteiger partial charge in [-0.25, -0.2) is 4.79 Å². The minimum Gasteiger partial charge on any atom is -0.539 e. The van der Waals surface area contributed by atoms with Gasteiger partial charge in [-0.1, -0.05) is 61.5 Å². The molecular weight excluding hydrogens is 332 g/mol. The summed E-state index contributed by atoms with van der Waals surface area (Å²) in [6.07, 6.45) is 1.06. The van der Waals surface area contributed by atoms with E-state index in [1.165, 1.54) is 22.5 Å². The lowest BCUT2D eigenvalue weighted by Crippen LogP contribution is -2.72. The molecule has 1 aliphatic heterocycles. The maximum absolute atomic E-state index is 9.04. The van der Waals surface area contributed by atoms with Crippen molar-refractivity contribution in [1.29, 1.82) is 0 Å². The van der Waals surface area contributed by atoms with Gasteiger partial charge in [0.05, 0.1) is 5.92 Å². The standard InChI is InChI=1S/C18H20N2.C2H2O4/c1-14(18-19-11-12-20-18)13-16-9-5-6-10-17(16)15-7-3-2-4-8-15;3-1(4)2(5)6/h2-10,14H,11-13H2,1H3,(H,19,20);(H,3,4)(H,5,6)/t14-;/m0./s1. The first-order valence-electron chi connectivity index (χ1n) is 8.41. The summed E-state index contributed by atoms with van der Waals surface area (Å²) < 4.78 is 0. The highest BCUT2D eigenvalue weighted by Gasteiger charge is 2.21. The molecule has 136 valence electrons. The van der Waals surface area contributed by atoms with Crippen LogP contribution in [0.25, 0.3) is 11.1 Å². The number of nitrogens with one attached hydrogen (secondary N) is 2. The fourth-order valence-corrected chi connectivity index (χ4v) is 2.83. The summed E-state index contributed by atoms with van der Waals surface area (Å²) in [7, 11) is 0. The summed E-state index contributed by atoms with van der Waals surface area (Å²) in [5.74, 6) is -2.22. The fourth-order valence-electron chi connectivity index (χ4n) is 2.83. The Morgan fingerprint density at radius 3 is 2.35 bits per heavy atom. The predicted molar refractivity (Wildman–Crippen MR) is 96.2 cm³/mol. The van der Waals surface area contributed by atoms with Crippen molar-refractivity contribution in [3.05, 3.63) is 60.2 Å². The highest BCUT2D eigenvalue weighted by molar-refractivity contribution is 6.26. The zero-order valence-electron chi connectivity index (χ0n) is 14.6. The molecular formula is C20H22N2O4. The quantitative estimate of drug-likeness (QED) is 0.639. The first-order valence-corrected chi connectivity index (χ1v) is 8.41. The number of aliphatic carboxylic acids is 2. The average Bonchev–Trinajstić information content (AvgIpc) is 3.18. The number of carboxylic acid groups (broad SMARTS) is 2. The average molecular weight is 354 g/mol. The summed E-state index contributed by atoms with van der Waals surface area (Å²) in [4.78, 5) is 21.5. The van der Waals surface area contributed by atoms with E-state index in [1.807, 2.05) is 0 Å². The lowest BCUT2D eigenvalue weighted by molar-refractivity contribution is -0.447. The smallest absolute Gasteiger partial charge is 0.351 e. The van der Waals surface area contributed by atoms with Crippen molar-refractivity contribution in [2.24, 2.45) is 5.92 Å². The van der Waals surface area contributed by atoms with Crippen LogP contribution in [-0.2, 0) is 16.0 Å². The first-order chi connectivity index (χ1) is 12.5. The highest BCUT2D eigenvalue weighted by atomic mass is 16.4. The van der Waals surface area contributed by atoms with Crippen molar-refractivity contribution < 1.29 is 24.8 Å². The summed E-state index contributed by atoms with van der Waals surface area (Å²) in [5.41, 5.74) is 4.06. The SMILES string of the molecule is C[C@@H](Cc1ccccc1-c1ccccc1)C1=[NH+]CCN1.O=C([O-])C(=O)O. The Hall–Kier alpha value is -3.15. The molecule has 0 spiro atoms. The van der Waals surface area contributed by atoms with E-state index in [9.17, 15) is 0 Å². The lowest BCUT2D eigenvalue weighted by Gasteiger charge is -2.13. The Balaban J connectivity index is 0.000000352. The third-order valence-electron chi connectivity index (χ3n) is 4.05. The van der Waals surface area contributed by atoms with Gasteiger partial charge in [0.15, 0.2) is 5.97 Å². The molecule has 0 fully saturated rings. The van der Waals surface area contributed by atoms with Crippen molar-refractivity contribution in [2.45, 2.75) is 13.3 Å². The number of hydrogen-bond acceptors (Lipinski definition) is 4. The highest BCUT2D eigenvalue weighted by Crippen LogP contribution is 2.25. The van der Waals surface area contributed by atoms with Gasteiger partial charge in [-0.15, -0.1) is 0 Å². The number of carbonyl (C=O) groups excluding carboxylic acids is 1. The van der Waals surface area contributed by atoms with Gasteiger partial charge in [0.2, 0.25) is 5.84 Å². The summed E-state index contributed by atoms with van der Waals surface area (Å²) in [6.45, 7) is 4.36. The molecule has 0 bridgehead atoms. The fraction of sp³-hybridized carbons (Fsp3) is 0.250. The van der Waals surface area contributed by atoms with E-state index in [-0.39, 0.29) is 0 Å². The van der Waals surface area contributed by atoms with Gasteiger partial charge in [0.1, 0.15) is 13.1 Å². The van der Waals surface area contributed by atoms with Crippen molar-refractivity contribution in [2.75, 3.05) is 13.1 Å². The van der Waals surface area contributed by atoms with Crippen molar-refractivity contribution in [1.82, 2.24) is 5.32 Å². The van der Waals surface area contributed by atoms with Crippen LogP contribution in [0.1, 0.15) is 12.5 Å². The van der Waals surface area contributed by atoms with Gasteiger partial charge >= 0.3 is 5.97 Å². The Labute approximate surface area is 152 Å². The molecule has 6 heteroatoms. The Morgan fingerprint density at radius 1 is 1.15 bits per heavy atom. The molecule has 0 radical (unpaired) electrons. The molecule has 0 amide bonds. The van der Waals surface area contributed by atoms with Crippen molar-refractivity contribution in [3.63, 3.8) is 0 Å². The normalized spacial score (nSPS) is 13.7. The zero-order valence-corrected chi connectivity index (χ0v) is 14.6. The van der Waals surface area contributed by atoms with E-state index in [0.717, 1.165) is 19.5 Å². The Kier molecular flexibility index (Phi) is 6.91. The molecule has 0 saturated carbocycles. The van der Waals surface area contributed by atoms with Gasteiger partial charge < -0.3 is 15.0 Å². The molecule has 3 rings (SSSR count). The molecule has 1 aliphatic rings. The molecule has 1 heterocycles. The summed E-state index contributed by atoms with van der Waals surface area (Å²) in [6, 6.07) is 19.4. The number of carbonyl (C=O) groups is 2. The molecule has 0 aliphatic carbocycles. The number of hydrogen-bond donors (Lipinski definition) is 3. The molecule has 1 atom stereocenters. The lowest BCUT2D eigenvalue weighted by atomic mass is 9.92. The number of amidine groups is 1. The van der Waals surface area contributed by atoms with Crippen LogP contribution in [0.2, 0.25) is 0 Å². The van der Waals surface area contributed by atoms with E-state index in [4.69, 9.17) is 19.8 Å². The number of benzene rings is 2. The van der Waals surface area contributed by atoms with Gasteiger partial charge in [-0.3, -0.25) is 10.3 Å². The van der Waals surface area contributed by atoms with E-state index in [0.29, 0.717) is 5.92 Å². The van der Waals surface area contributed by atoms with Crippen LogP contribution in [0.4, 0.5) is 0 Å². The number of carboxylic acids is 2. The zero-order chi connectivity index (χ0) is 18.9. The molecule has 2 aromatic rings. The van der Waals surface area contributed by atoms with Gasteiger partial charge in [0, 0.05) is 0 Å². The minimum absolute atomic E-state index is 0.502. The van der Waals surface area contributed by atoms with Crippen LogP contribution < -0.4 is 15.4 Å². The monoisotopic (exact) mass is 354 g/mol. The van der Waals surface area contributed by atoms with Gasteiger partial charge in [-0.2, -0.15) is 0 Å². The Bertz CT molecular complexity index is 775. The maximum atomic E-state index is 9.04. The molecule has 0 aromatic heterocycles. The summed E-state index contributed by atoms with van der Waals surface area (Å²) in [5, 5.41) is 19.8. The predicted octanol–water partition coefficient (Wildman–Crippen LogP) is -0.565. The van der Waals surface area contributed by atoms with E-state index in [1.54, 1.807) is 0 Å². The third-order valence-corrected chi connectivity index (χ3v) is 4.05. The van der Waals surface area contributed by atoms with Crippen LogP contribution in [0.3, 0.4) is 0 Å². The van der Waals surface area contributed by atoms with Crippen LogP contribution in [0.5, 0.6) is 0 Å². The largest absolute Gasteiger partial charge is 0.539 e. The van der Waals surface area contributed by atoms with E-state index >= 15 is 0 Å². The molecule has 0 saturated heterocycles. The molecule has 6 nitrogen and oxygen atoms in total. The van der Waals surface area contributed by atoms with Crippen LogP contribution >= 0.6 is 0 Å². The second-order valence-corrected chi connectivity index (χ2v) is 5.99. The first kappa shape index (κ1) is 19.2. The van der Waals surface area contributed by atoms with Crippen LogP contribution in [0.15, 0.2) is 54.6 Å². The van der Waals surface area contributed by atoms with Gasteiger partial charge in [0.25, 0.3) is 0 Å². The van der Waals surface area contributed by atoms with E-state index < -0.39 is 11.9 Å². The molecule has 0 unspecified atom stereocenters. The summed E-state index contributed by atoms with van der Waals surface area (Å²) >= 11 is 0. The molecule has 3 N–H and O–H groups in total. The maximum Gasteiger partial charge on any atom is 0.351 e. The molecule has 2 aromatic carbocycles. The van der Waals surface area contributed by atoms with Crippen molar-refractivity contribution in [3.8, 4) is 11.1 Å². The topological polar surface area (TPSA) is 103 Å². The van der Waals surface area contributed by atoms with Gasteiger partial charge in [-0.05, 0) is 23.1 Å². The second-order valence-electron chi connectivity index (χ2n) is 5.99. The number of rotatable bonds is 4. The van der Waals surface area contributed by atoms with Crippen LogP contribution in [0, 0.1) is 5.92 Å². The van der Waals surface area contributed by atoms with Crippen LogP contribution in [-0.4, -0.2) is 36.0 Å². The van der Waals surface area contributed by atoms with E-state index in [2.05, 4.69) is 71.8 Å². The molecule has 26 heavy (non-hydrogen) atoms.